The predicted octanol–water partition coefficient (Wildman–Crippen LogP) is 0.416. The maximum Gasteiger partial charge on any atom is 0.426 e. The van der Waals surface area contributed by atoms with Gasteiger partial charge in [0.05, 0.1) is 0 Å². The number of carbonyl (C=O) groups is 3. The van der Waals surface area contributed by atoms with Crippen LogP contribution in [0.4, 0.5) is 13.2 Å². The number of carbonyl (C=O) groups excluding carboxylic acids is 3. The maximum absolute atomic E-state index is 13.0. The maximum atomic E-state index is 13.0. The van der Waals surface area contributed by atoms with Gasteiger partial charge in [0, 0.05) is 32.1 Å². The van der Waals surface area contributed by atoms with Crippen molar-refractivity contribution in [2.75, 3.05) is 13.1 Å². The third-order valence-corrected chi connectivity index (χ3v) is 5.13. The van der Waals surface area contributed by atoms with Gasteiger partial charge in [0.25, 0.3) is 5.91 Å². The smallest absolute Gasteiger partial charge is 0.373 e. The van der Waals surface area contributed by atoms with Crippen molar-refractivity contribution in [2.45, 2.75) is 69.9 Å². The van der Waals surface area contributed by atoms with Gasteiger partial charge in [0.2, 0.25) is 17.4 Å². The average Bonchev–Trinajstić information content (AvgIpc) is 2.57. The van der Waals surface area contributed by atoms with E-state index in [0.717, 1.165) is 4.90 Å². The molecule has 148 valence electrons. The molecule has 0 aromatic carbocycles. The Kier molecular flexibility index (Phi) is 5.55. The number of amides is 3. The highest BCUT2D eigenvalue weighted by molar-refractivity contribution is 5.88. The van der Waals surface area contributed by atoms with Gasteiger partial charge in [0.15, 0.2) is 0 Å². The van der Waals surface area contributed by atoms with Crippen molar-refractivity contribution in [2.24, 2.45) is 0 Å². The lowest BCUT2D eigenvalue weighted by Gasteiger charge is -2.53. The number of hydrogen-bond acceptors (Lipinski definition) is 4. The molecule has 0 saturated carbocycles. The number of aliphatic hydroxyl groups is 1. The Morgan fingerprint density at radius 3 is 2.04 bits per heavy atom. The first-order valence-corrected chi connectivity index (χ1v) is 8.57. The van der Waals surface area contributed by atoms with Crippen LogP contribution < -0.4 is 5.32 Å². The molecule has 3 amide bonds. The van der Waals surface area contributed by atoms with E-state index in [9.17, 15) is 32.7 Å². The SMILES string of the molecule is CCC(NC(C)=O)C(=O)N1CC2CCC1CN2C(=O)C(C)(O)C(F)(F)F. The molecular weight excluding hydrogens is 355 g/mol. The highest BCUT2D eigenvalue weighted by Gasteiger charge is 2.59. The zero-order valence-electron chi connectivity index (χ0n) is 15.0. The third kappa shape index (κ3) is 3.65. The minimum Gasteiger partial charge on any atom is -0.373 e. The molecule has 0 radical (unpaired) electrons. The number of hydrogen-bond donors (Lipinski definition) is 2. The Morgan fingerprint density at radius 1 is 1.15 bits per heavy atom. The average molecular weight is 379 g/mol. The lowest BCUT2D eigenvalue weighted by molar-refractivity contribution is -0.253. The van der Waals surface area contributed by atoms with Crippen molar-refractivity contribution in [3.8, 4) is 0 Å². The van der Waals surface area contributed by atoms with Crippen molar-refractivity contribution >= 4 is 17.7 Å². The van der Waals surface area contributed by atoms with Gasteiger partial charge in [-0.25, -0.2) is 0 Å². The number of rotatable bonds is 4. The summed E-state index contributed by atoms with van der Waals surface area (Å²) in [6.07, 6.45) is -3.66. The van der Waals surface area contributed by atoms with E-state index < -0.39 is 35.8 Å². The summed E-state index contributed by atoms with van der Waals surface area (Å²) >= 11 is 0. The predicted molar refractivity (Wildman–Crippen MR) is 84.8 cm³/mol. The van der Waals surface area contributed by atoms with E-state index in [-0.39, 0.29) is 24.9 Å². The number of piperidine rings is 2. The fraction of sp³-hybridized carbons (Fsp3) is 0.812. The van der Waals surface area contributed by atoms with E-state index in [0.29, 0.717) is 26.2 Å². The van der Waals surface area contributed by atoms with E-state index in [4.69, 9.17) is 0 Å². The number of nitrogens with zero attached hydrogens (tertiary/aromatic N) is 2. The normalized spacial score (nSPS) is 26.3. The highest BCUT2D eigenvalue weighted by Crippen LogP contribution is 2.36. The first-order chi connectivity index (χ1) is 11.9. The van der Waals surface area contributed by atoms with Gasteiger partial charge in [-0.05, 0) is 26.2 Å². The van der Waals surface area contributed by atoms with Gasteiger partial charge < -0.3 is 20.2 Å². The van der Waals surface area contributed by atoms with Crippen molar-refractivity contribution in [3.63, 3.8) is 0 Å². The second-order valence-electron chi connectivity index (χ2n) is 7.06. The molecule has 7 nitrogen and oxygen atoms in total. The zero-order valence-corrected chi connectivity index (χ0v) is 15.0. The Labute approximate surface area is 149 Å². The van der Waals surface area contributed by atoms with Crippen LogP contribution in [0.15, 0.2) is 0 Å². The Bertz CT molecular complexity index is 594. The van der Waals surface area contributed by atoms with E-state index >= 15 is 0 Å². The third-order valence-electron chi connectivity index (χ3n) is 5.13. The van der Waals surface area contributed by atoms with Crippen LogP contribution in [0.25, 0.3) is 0 Å². The Morgan fingerprint density at radius 2 is 1.65 bits per heavy atom. The molecule has 2 bridgehead atoms. The van der Waals surface area contributed by atoms with Gasteiger partial charge >= 0.3 is 6.18 Å². The minimum atomic E-state index is -5.07. The molecular formula is C16H24F3N3O4. The molecule has 3 aliphatic rings. The summed E-state index contributed by atoms with van der Waals surface area (Å²) in [6.45, 7) is 3.54. The second kappa shape index (κ2) is 7.05. The molecule has 2 N–H and O–H groups in total. The first-order valence-electron chi connectivity index (χ1n) is 8.57. The fourth-order valence-electron chi connectivity index (χ4n) is 3.53. The van der Waals surface area contributed by atoms with Gasteiger partial charge in [-0.15, -0.1) is 0 Å². The number of fused-ring (bicyclic) bond motifs is 3. The van der Waals surface area contributed by atoms with Gasteiger partial charge in [0.1, 0.15) is 6.04 Å². The van der Waals surface area contributed by atoms with Gasteiger partial charge in [-0.3, -0.25) is 14.4 Å². The van der Waals surface area contributed by atoms with Crippen molar-refractivity contribution in [1.82, 2.24) is 15.1 Å². The van der Waals surface area contributed by atoms with Crippen LogP contribution >= 0.6 is 0 Å². The molecule has 4 unspecified atom stereocenters. The number of halogens is 3. The van der Waals surface area contributed by atoms with Crippen LogP contribution in [0, 0.1) is 0 Å². The topological polar surface area (TPSA) is 90.0 Å². The summed E-state index contributed by atoms with van der Waals surface area (Å²) in [7, 11) is 0. The zero-order chi connectivity index (χ0) is 19.9. The highest BCUT2D eigenvalue weighted by atomic mass is 19.4. The molecule has 10 heteroatoms. The standard InChI is InChI=1S/C16H24F3N3O4/c1-4-12(20-9(2)23)13(24)21-7-11-6-5-10(21)8-22(11)14(25)15(3,26)16(17,18)19/h10-12,26H,4-8H2,1-3H3,(H,20,23). The molecule has 26 heavy (non-hydrogen) atoms. The van der Waals surface area contributed by atoms with Crippen LogP contribution in [0.1, 0.15) is 40.0 Å². The molecule has 4 atom stereocenters. The molecule has 0 aromatic rings. The molecule has 0 aliphatic carbocycles. The first kappa shape index (κ1) is 20.5. The quantitative estimate of drug-likeness (QED) is 0.741. The Balaban J connectivity index is 2.13. The van der Waals surface area contributed by atoms with Crippen LogP contribution in [0.3, 0.4) is 0 Å². The number of nitrogens with one attached hydrogen (secondary N) is 1. The van der Waals surface area contributed by atoms with Crippen LogP contribution in [-0.4, -0.2) is 75.6 Å². The van der Waals surface area contributed by atoms with E-state index in [1.165, 1.54) is 11.8 Å². The molecule has 3 saturated heterocycles. The number of alkyl halides is 3. The largest absolute Gasteiger partial charge is 0.426 e. The molecule has 3 heterocycles. The van der Waals surface area contributed by atoms with Crippen molar-refractivity contribution in [3.05, 3.63) is 0 Å². The second-order valence-corrected chi connectivity index (χ2v) is 7.06. The minimum absolute atomic E-state index is 0.0576. The monoisotopic (exact) mass is 379 g/mol. The fourth-order valence-corrected chi connectivity index (χ4v) is 3.53. The summed E-state index contributed by atoms with van der Waals surface area (Å²) in [6, 6.07) is -1.71. The summed E-state index contributed by atoms with van der Waals surface area (Å²) < 4.78 is 38.9. The van der Waals surface area contributed by atoms with E-state index in [1.807, 2.05) is 0 Å². The summed E-state index contributed by atoms with van der Waals surface area (Å²) in [4.78, 5) is 38.7. The van der Waals surface area contributed by atoms with Crippen molar-refractivity contribution in [1.29, 1.82) is 0 Å². The molecule has 3 rings (SSSR count). The van der Waals surface area contributed by atoms with Crippen LogP contribution in [0.2, 0.25) is 0 Å². The molecule has 0 aromatic heterocycles. The summed E-state index contributed by atoms with van der Waals surface area (Å²) in [5.41, 5.74) is -3.46. The summed E-state index contributed by atoms with van der Waals surface area (Å²) in [5, 5.41) is 12.2. The summed E-state index contributed by atoms with van der Waals surface area (Å²) in [5.74, 6) is -2.03. The van der Waals surface area contributed by atoms with Crippen LogP contribution in [-0.2, 0) is 14.4 Å². The Hall–Kier alpha value is -1.84. The number of piperazine rings is 1. The lowest BCUT2D eigenvalue weighted by atomic mass is 9.88. The van der Waals surface area contributed by atoms with Crippen molar-refractivity contribution < 1.29 is 32.7 Å². The molecule has 3 aliphatic heterocycles. The van der Waals surface area contributed by atoms with Gasteiger partial charge in [-0.1, -0.05) is 6.92 Å². The lowest BCUT2D eigenvalue weighted by Crippen LogP contribution is -2.70. The van der Waals surface area contributed by atoms with Crippen LogP contribution in [0.5, 0.6) is 0 Å². The molecule has 3 fully saturated rings. The van der Waals surface area contributed by atoms with Gasteiger partial charge in [-0.2, -0.15) is 13.2 Å². The molecule has 0 spiro atoms. The van der Waals surface area contributed by atoms with E-state index in [1.54, 1.807) is 6.92 Å². The van der Waals surface area contributed by atoms with E-state index in [2.05, 4.69) is 5.32 Å².